The molecule has 1 aromatic heterocycles. The van der Waals surface area contributed by atoms with Gasteiger partial charge in [-0.1, -0.05) is 19.1 Å². The summed E-state index contributed by atoms with van der Waals surface area (Å²) in [4.78, 5) is 23.5. The van der Waals surface area contributed by atoms with Crippen molar-refractivity contribution in [3.8, 4) is 5.75 Å². The van der Waals surface area contributed by atoms with E-state index in [1.54, 1.807) is 12.1 Å². The molecule has 0 aliphatic carbocycles. The molecule has 0 fully saturated rings. The highest BCUT2D eigenvalue weighted by atomic mass is 16.5. The highest BCUT2D eigenvalue weighted by molar-refractivity contribution is 5.92. The Labute approximate surface area is 145 Å². The van der Waals surface area contributed by atoms with Crippen molar-refractivity contribution < 1.29 is 13.9 Å². The maximum absolute atomic E-state index is 12.0. The Morgan fingerprint density at radius 1 is 1.16 bits per heavy atom. The van der Waals surface area contributed by atoms with Gasteiger partial charge in [0, 0.05) is 23.2 Å². The van der Waals surface area contributed by atoms with E-state index in [1.807, 2.05) is 37.3 Å². The van der Waals surface area contributed by atoms with Gasteiger partial charge in [-0.3, -0.25) is 4.79 Å². The minimum Gasteiger partial charge on any atom is -0.484 e. The first-order valence-electron chi connectivity index (χ1n) is 8.11. The fourth-order valence-corrected chi connectivity index (χ4v) is 2.61. The number of hydrogen-bond acceptors (Lipinski definition) is 4. The van der Waals surface area contributed by atoms with Crippen LogP contribution in [0.2, 0.25) is 0 Å². The van der Waals surface area contributed by atoms with E-state index in [0.717, 1.165) is 28.6 Å². The maximum Gasteiger partial charge on any atom is 0.336 e. The zero-order valence-corrected chi connectivity index (χ0v) is 14.2. The van der Waals surface area contributed by atoms with Gasteiger partial charge in [-0.05, 0) is 48.7 Å². The molecular weight excluding hydrogens is 318 g/mol. The molecule has 3 rings (SSSR count). The zero-order chi connectivity index (χ0) is 17.8. The van der Waals surface area contributed by atoms with Crippen molar-refractivity contribution in [2.24, 2.45) is 0 Å². The van der Waals surface area contributed by atoms with Crippen LogP contribution in [0.5, 0.6) is 5.75 Å². The molecule has 0 saturated carbocycles. The Morgan fingerprint density at radius 3 is 2.80 bits per heavy atom. The Morgan fingerprint density at radius 2 is 2.00 bits per heavy atom. The first-order chi connectivity index (χ1) is 12.0. The number of hydrogen-bond donors (Lipinski definition) is 1. The quantitative estimate of drug-likeness (QED) is 0.721. The van der Waals surface area contributed by atoms with Gasteiger partial charge in [0.15, 0.2) is 6.61 Å². The van der Waals surface area contributed by atoms with E-state index < -0.39 is 5.63 Å². The Bertz CT molecular complexity index is 975. The summed E-state index contributed by atoms with van der Waals surface area (Å²) in [5, 5.41) is 3.65. The van der Waals surface area contributed by atoms with E-state index in [9.17, 15) is 9.59 Å². The Hall–Kier alpha value is -3.08. The predicted molar refractivity (Wildman–Crippen MR) is 97.2 cm³/mol. The fourth-order valence-electron chi connectivity index (χ4n) is 2.61. The SMILES string of the molecule is CCc1cccc(NC(=O)COc2ccc3c(C)cc(=O)oc3c2)c1. The second kappa shape index (κ2) is 7.21. The highest BCUT2D eigenvalue weighted by Crippen LogP contribution is 2.22. The Balaban J connectivity index is 1.67. The van der Waals surface area contributed by atoms with E-state index in [-0.39, 0.29) is 12.5 Å². The van der Waals surface area contributed by atoms with Crippen LogP contribution in [0.1, 0.15) is 18.1 Å². The normalized spacial score (nSPS) is 10.6. The van der Waals surface area contributed by atoms with Gasteiger partial charge >= 0.3 is 5.63 Å². The van der Waals surface area contributed by atoms with Crippen LogP contribution >= 0.6 is 0 Å². The molecule has 0 aliphatic heterocycles. The molecule has 5 nitrogen and oxygen atoms in total. The van der Waals surface area contributed by atoms with Gasteiger partial charge in [0.2, 0.25) is 0 Å². The van der Waals surface area contributed by atoms with Crippen molar-refractivity contribution in [1.29, 1.82) is 0 Å². The summed E-state index contributed by atoms with van der Waals surface area (Å²) in [5.74, 6) is 0.220. The molecule has 1 heterocycles. The molecule has 0 aliphatic rings. The van der Waals surface area contributed by atoms with Crippen molar-refractivity contribution in [2.45, 2.75) is 20.3 Å². The third-order valence-electron chi connectivity index (χ3n) is 3.91. The van der Waals surface area contributed by atoms with Gasteiger partial charge in [0.25, 0.3) is 5.91 Å². The summed E-state index contributed by atoms with van der Waals surface area (Å²) >= 11 is 0. The first-order valence-corrected chi connectivity index (χ1v) is 8.11. The average molecular weight is 337 g/mol. The van der Waals surface area contributed by atoms with Crippen LogP contribution < -0.4 is 15.7 Å². The number of carbonyl (C=O) groups is 1. The molecule has 1 N–H and O–H groups in total. The molecule has 0 bridgehead atoms. The number of benzene rings is 2. The van der Waals surface area contributed by atoms with Gasteiger partial charge in [0.05, 0.1) is 0 Å². The number of fused-ring (bicyclic) bond motifs is 1. The van der Waals surface area contributed by atoms with Crippen LogP contribution in [0, 0.1) is 6.92 Å². The topological polar surface area (TPSA) is 68.5 Å². The molecule has 1 amide bonds. The highest BCUT2D eigenvalue weighted by Gasteiger charge is 2.07. The third-order valence-corrected chi connectivity index (χ3v) is 3.91. The van der Waals surface area contributed by atoms with Crippen LogP contribution in [-0.4, -0.2) is 12.5 Å². The summed E-state index contributed by atoms with van der Waals surface area (Å²) in [6.07, 6.45) is 0.905. The summed E-state index contributed by atoms with van der Waals surface area (Å²) in [6, 6.07) is 14.3. The standard InChI is InChI=1S/C20H19NO4/c1-3-14-5-4-6-15(10-14)21-19(22)12-24-16-7-8-17-13(2)9-20(23)25-18(17)11-16/h4-11H,3,12H2,1-2H3,(H,21,22). The van der Waals surface area contributed by atoms with Crippen LogP contribution in [0.3, 0.4) is 0 Å². The fraction of sp³-hybridized carbons (Fsp3) is 0.200. The number of aryl methyl sites for hydroxylation is 2. The van der Waals surface area contributed by atoms with E-state index in [0.29, 0.717) is 11.3 Å². The lowest BCUT2D eigenvalue weighted by molar-refractivity contribution is -0.118. The second-order valence-electron chi connectivity index (χ2n) is 5.80. The third kappa shape index (κ3) is 4.07. The molecule has 128 valence electrons. The maximum atomic E-state index is 12.0. The van der Waals surface area contributed by atoms with Crippen molar-refractivity contribution in [2.75, 3.05) is 11.9 Å². The second-order valence-corrected chi connectivity index (χ2v) is 5.80. The van der Waals surface area contributed by atoms with Crippen molar-refractivity contribution in [3.05, 3.63) is 70.1 Å². The molecule has 2 aromatic carbocycles. The van der Waals surface area contributed by atoms with E-state index in [1.165, 1.54) is 6.07 Å². The number of carbonyl (C=O) groups excluding carboxylic acids is 1. The predicted octanol–water partition coefficient (Wildman–Crippen LogP) is 3.68. The van der Waals surface area contributed by atoms with Crippen LogP contribution in [0.4, 0.5) is 5.69 Å². The van der Waals surface area contributed by atoms with Crippen LogP contribution in [-0.2, 0) is 11.2 Å². The summed E-state index contributed by atoms with van der Waals surface area (Å²) in [7, 11) is 0. The number of rotatable bonds is 5. The zero-order valence-electron chi connectivity index (χ0n) is 14.2. The van der Waals surface area contributed by atoms with Gasteiger partial charge in [-0.2, -0.15) is 0 Å². The Kier molecular flexibility index (Phi) is 4.84. The molecule has 0 unspecified atom stereocenters. The number of amides is 1. The van der Waals surface area contributed by atoms with Gasteiger partial charge in [0.1, 0.15) is 11.3 Å². The van der Waals surface area contributed by atoms with Gasteiger partial charge < -0.3 is 14.5 Å². The van der Waals surface area contributed by atoms with Crippen molar-refractivity contribution in [1.82, 2.24) is 0 Å². The minimum atomic E-state index is -0.407. The average Bonchev–Trinajstić information content (AvgIpc) is 2.59. The molecule has 25 heavy (non-hydrogen) atoms. The summed E-state index contributed by atoms with van der Waals surface area (Å²) in [6.45, 7) is 3.78. The summed E-state index contributed by atoms with van der Waals surface area (Å²) < 4.78 is 10.7. The van der Waals surface area contributed by atoms with Crippen LogP contribution in [0.25, 0.3) is 11.0 Å². The number of anilines is 1. The molecule has 0 spiro atoms. The van der Waals surface area contributed by atoms with E-state index in [4.69, 9.17) is 9.15 Å². The lowest BCUT2D eigenvalue weighted by Crippen LogP contribution is -2.20. The smallest absolute Gasteiger partial charge is 0.336 e. The van der Waals surface area contributed by atoms with Crippen molar-refractivity contribution in [3.63, 3.8) is 0 Å². The van der Waals surface area contributed by atoms with Gasteiger partial charge in [-0.25, -0.2) is 4.79 Å². The lowest BCUT2D eigenvalue weighted by atomic mass is 10.1. The van der Waals surface area contributed by atoms with E-state index in [2.05, 4.69) is 12.2 Å². The molecule has 0 atom stereocenters. The number of ether oxygens (including phenoxy) is 1. The number of nitrogens with one attached hydrogen (secondary N) is 1. The van der Waals surface area contributed by atoms with E-state index >= 15 is 0 Å². The monoisotopic (exact) mass is 337 g/mol. The lowest BCUT2D eigenvalue weighted by Gasteiger charge is -2.09. The van der Waals surface area contributed by atoms with Crippen LogP contribution in [0.15, 0.2) is 57.7 Å². The molecule has 5 heteroatoms. The minimum absolute atomic E-state index is 0.127. The molecule has 0 saturated heterocycles. The van der Waals surface area contributed by atoms with Gasteiger partial charge in [-0.15, -0.1) is 0 Å². The first kappa shape index (κ1) is 16.8. The molecule has 3 aromatic rings. The summed E-state index contributed by atoms with van der Waals surface area (Å²) in [5.41, 5.74) is 2.77. The molecule has 0 radical (unpaired) electrons. The largest absolute Gasteiger partial charge is 0.484 e. The molecular formula is C20H19NO4. The van der Waals surface area contributed by atoms with Crippen molar-refractivity contribution >= 4 is 22.6 Å².